The van der Waals surface area contributed by atoms with E-state index in [0.29, 0.717) is 28.2 Å². The summed E-state index contributed by atoms with van der Waals surface area (Å²) in [6, 6.07) is 6.19. The van der Waals surface area contributed by atoms with Gasteiger partial charge in [0.2, 0.25) is 0 Å². The number of aryl methyl sites for hydroxylation is 1. The van der Waals surface area contributed by atoms with Crippen molar-refractivity contribution in [3.05, 3.63) is 62.3 Å². The third-order valence-electron chi connectivity index (χ3n) is 4.62. The third-order valence-corrected chi connectivity index (χ3v) is 5.79. The van der Waals surface area contributed by atoms with Gasteiger partial charge >= 0.3 is 11.9 Å². The van der Waals surface area contributed by atoms with Crippen molar-refractivity contribution >= 4 is 33.5 Å². The molecule has 0 aliphatic rings. The Morgan fingerprint density at radius 2 is 2.03 bits per heavy atom. The fourth-order valence-electron chi connectivity index (χ4n) is 3.12. The first-order chi connectivity index (χ1) is 13.8. The zero-order chi connectivity index (χ0) is 21.1. The van der Waals surface area contributed by atoms with Gasteiger partial charge in [-0.1, -0.05) is 18.2 Å². The number of thiophene rings is 1. The molecule has 152 valence electrons. The lowest BCUT2D eigenvalue weighted by Crippen LogP contribution is -2.26. The van der Waals surface area contributed by atoms with Gasteiger partial charge < -0.3 is 9.84 Å². The maximum atomic E-state index is 14.1. The van der Waals surface area contributed by atoms with Gasteiger partial charge in [0.25, 0.3) is 5.56 Å². The minimum atomic E-state index is -1.13. The zero-order valence-corrected chi connectivity index (χ0v) is 16.7. The maximum Gasteiger partial charge on any atom is 0.346 e. The number of aromatic carboxylic acids is 1. The quantitative estimate of drug-likeness (QED) is 0.592. The molecule has 0 saturated heterocycles. The van der Waals surface area contributed by atoms with E-state index in [4.69, 9.17) is 0 Å². The highest BCUT2D eigenvalue weighted by molar-refractivity contribution is 7.20. The molecule has 0 aliphatic carbocycles. The predicted molar refractivity (Wildman–Crippen MR) is 106 cm³/mol. The van der Waals surface area contributed by atoms with Crippen molar-refractivity contribution in [2.24, 2.45) is 0 Å². The van der Waals surface area contributed by atoms with E-state index in [0.717, 1.165) is 11.3 Å². The second-order valence-electron chi connectivity index (χ2n) is 6.47. The molecule has 0 fully saturated rings. The van der Waals surface area contributed by atoms with Crippen molar-refractivity contribution in [1.29, 1.82) is 0 Å². The van der Waals surface area contributed by atoms with E-state index in [-0.39, 0.29) is 29.6 Å². The van der Waals surface area contributed by atoms with Crippen LogP contribution in [0.1, 0.15) is 39.5 Å². The van der Waals surface area contributed by atoms with Crippen LogP contribution in [0.15, 0.2) is 29.1 Å². The number of esters is 1. The fraction of sp³-hybridized carbons (Fsp3) is 0.300. The van der Waals surface area contributed by atoms with Crippen molar-refractivity contribution in [2.75, 3.05) is 7.11 Å². The van der Waals surface area contributed by atoms with Gasteiger partial charge in [-0.2, -0.15) is 0 Å². The lowest BCUT2D eigenvalue weighted by Gasteiger charge is -2.13. The van der Waals surface area contributed by atoms with E-state index in [1.807, 2.05) is 0 Å². The largest absolute Gasteiger partial charge is 0.477 e. The van der Waals surface area contributed by atoms with Crippen molar-refractivity contribution in [3.63, 3.8) is 0 Å². The van der Waals surface area contributed by atoms with Crippen LogP contribution >= 0.6 is 11.3 Å². The number of hydrogen-bond acceptors (Lipinski definition) is 6. The van der Waals surface area contributed by atoms with Crippen LogP contribution in [-0.4, -0.2) is 33.7 Å². The van der Waals surface area contributed by atoms with Crippen LogP contribution in [0.25, 0.3) is 10.2 Å². The van der Waals surface area contributed by atoms with Gasteiger partial charge in [0, 0.05) is 19.4 Å². The Balaban J connectivity index is 2.11. The summed E-state index contributed by atoms with van der Waals surface area (Å²) in [5, 5.41) is 9.61. The van der Waals surface area contributed by atoms with Crippen LogP contribution in [0, 0.1) is 12.7 Å². The van der Waals surface area contributed by atoms with Crippen LogP contribution in [-0.2, 0) is 22.5 Å². The topological polar surface area (TPSA) is 98.5 Å². The molecule has 0 atom stereocenters. The van der Waals surface area contributed by atoms with Gasteiger partial charge in [-0.25, -0.2) is 14.2 Å². The molecular formula is C20H19FN2O5S. The lowest BCUT2D eigenvalue weighted by molar-refractivity contribution is -0.140. The molecule has 0 unspecified atom stereocenters. The highest BCUT2D eigenvalue weighted by atomic mass is 32.1. The second kappa shape index (κ2) is 8.52. The molecule has 2 aromatic heterocycles. The van der Waals surface area contributed by atoms with Crippen LogP contribution in [0.2, 0.25) is 0 Å². The van der Waals surface area contributed by atoms with Gasteiger partial charge in [-0.05, 0) is 30.5 Å². The molecule has 0 bridgehead atoms. The van der Waals surface area contributed by atoms with E-state index in [2.05, 4.69) is 9.72 Å². The average molecular weight is 418 g/mol. The fourth-order valence-corrected chi connectivity index (χ4v) is 4.15. The van der Waals surface area contributed by atoms with Gasteiger partial charge in [-0.3, -0.25) is 14.2 Å². The Morgan fingerprint density at radius 3 is 2.69 bits per heavy atom. The molecule has 0 radical (unpaired) electrons. The van der Waals surface area contributed by atoms with Crippen LogP contribution < -0.4 is 5.56 Å². The Kier molecular flexibility index (Phi) is 6.07. The average Bonchev–Trinajstić information content (AvgIpc) is 3.02. The summed E-state index contributed by atoms with van der Waals surface area (Å²) in [7, 11) is 1.29. The van der Waals surface area contributed by atoms with E-state index >= 15 is 0 Å². The first kappa shape index (κ1) is 20.7. The number of carboxylic acids is 1. The molecule has 29 heavy (non-hydrogen) atoms. The predicted octanol–water partition coefficient (Wildman–Crippen LogP) is 3.15. The number of rotatable bonds is 7. The summed E-state index contributed by atoms with van der Waals surface area (Å²) in [4.78, 5) is 40.9. The minimum Gasteiger partial charge on any atom is -0.477 e. The van der Waals surface area contributed by atoms with Gasteiger partial charge in [0.15, 0.2) is 0 Å². The molecule has 0 aliphatic heterocycles. The molecule has 7 nitrogen and oxygen atoms in total. The Bertz CT molecular complexity index is 1150. The van der Waals surface area contributed by atoms with E-state index in [9.17, 15) is 23.9 Å². The highest BCUT2D eigenvalue weighted by Crippen LogP contribution is 2.28. The van der Waals surface area contributed by atoms with Crippen LogP contribution in [0.4, 0.5) is 4.39 Å². The number of carboxylic acid groups (broad SMARTS) is 1. The highest BCUT2D eigenvalue weighted by Gasteiger charge is 2.21. The van der Waals surface area contributed by atoms with Gasteiger partial charge in [-0.15, -0.1) is 11.3 Å². The minimum absolute atomic E-state index is 0.0498. The number of carbonyl (C=O) groups excluding carboxylic acids is 1. The number of aromatic nitrogens is 2. The molecule has 9 heteroatoms. The summed E-state index contributed by atoms with van der Waals surface area (Å²) in [5.41, 5.74) is 0.328. The Labute approximate surface area is 169 Å². The van der Waals surface area contributed by atoms with Crippen molar-refractivity contribution < 1.29 is 23.8 Å². The molecule has 0 saturated carbocycles. The second-order valence-corrected chi connectivity index (χ2v) is 7.47. The molecular weight excluding hydrogens is 399 g/mol. The summed E-state index contributed by atoms with van der Waals surface area (Å²) in [6.07, 6.45) is 0.511. The first-order valence-electron chi connectivity index (χ1n) is 8.89. The molecule has 0 spiro atoms. The summed E-state index contributed by atoms with van der Waals surface area (Å²) in [5.74, 6) is -1.63. The number of carbonyl (C=O) groups is 2. The Morgan fingerprint density at radius 1 is 1.31 bits per heavy atom. The first-order valence-corrected chi connectivity index (χ1v) is 9.71. The van der Waals surface area contributed by atoms with E-state index in [1.165, 1.54) is 17.7 Å². The van der Waals surface area contributed by atoms with E-state index in [1.54, 1.807) is 25.1 Å². The number of ether oxygens (including phenoxy) is 1. The maximum absolute atomic E-state index is 14.1. The smallest absolute Gasteiger partial charge is 0.346 e. The zero-order valence-electron chi connectivity index (χ0n) is 15.9. The van der Waals surface area contributed by atoms with Gasteiger partial charge in [0.1, 0.15) is 21.3 Å². The van der Waals surface area contributed by atoms with E-state index < -0.39 is 23.3 Å². The van der Waals surface area contributed by atoms with Crippen LogP contribution in [0.3, 0.4) is 0 Å². The van der Waals surface area contributed by atoms with Crippen molar-refractivity contribution in [2.45, 2.75) is 32.7 Å². The number of fused-ring (bicyclic) bond motifs is 1. The van der Waals surface area contributed by atoms with Crippen molar-refractivity contribution in [1.82, 2.24) is 9.55 Å². The summed E-state index contributed by atoms with van der Waals surface area (Å²) >= 11 is 0.924. The molecule has 0 amide bonds. The summed E-state index contributed by atoms with van der Waals surface area (Å²) < 4.78 is 20.2. The molecule has 3 aromatic rings. The molecule has 1 N–H and O–H groups in total. The standard InChI is InChI=1S/C20H19FN2O5S/c1-11-16-18(29-17(11)20(26)27)22-14(10-12-6-3-4-7-13(12)21)23(19(16)25)9-5-8-15(24)28-2/h3-4,6-7H,5,8-10H2,1-2H3,(H,26,27). The monoisotopic (exact) mass is 418 g/mol. The number of benzene rings is 1. The number of hydrogen-bond donors (Lipinski definition) is 1. The lowest BCUT2D eigenvalue weighted by atomic mass is 10.1. The SMILES string of the molecule is COC(=O)CCCn1c(Cc2ccccc2F)nc2sc(C(=O)O)c(C)c2c1=O. The molecule has 1 aromatic carbocycles. The third kappa shape index (κ3) is 4.19. The molecule has 2 heterocycles. The Hall–Kier alpha value is -3.07. The number of methoxy groups -OCH3 is 1. The number of halogens is 1. The molecule has 3 rings (SSSR count). The summed E-state index contributed by atoms with van der Waals surface area (Å²) in [6.45, 7) is 1.75. The normalized spacial score (nSPS) is 11.0. The van der Waals surface area contributed by atoms with Gasteiger partial charge in [0.05, 0.1) is 12.5 Å². The van der Waals surface area contributed by atoms with Crippen molar-refractivity contribution in [3.8, 4) is 0 Å². The van der Waals surface area contributed by atoms with Crippen LogP contribution in [0.5, 0.6) is 0 Å². The number of nitrogens with zero attached hydrogens (tertiary/aromatic N) is 2.